The lowest BCUT2D eigenvalue weighted by Gasteiger charge is -2.31. The molecule has 1 aromatic heterocycles. The number of nitrogens with zero attached hydrogens (tertiary/aromatic N) is 2. The molecule has 0 aliphatic rings. The Balaban J connectivity index is 1.76. The van der Waals surface area contributed by atoms with E-state index in [1.54, 1.807) is 4.90 Å². The van der Waals surface area contributed by atoms with Crippen LogP contribution in [0.15, 0.2) is 65.1 Å². The third kappa shape index (κ3) is 7.26. The van der Waals surface area contributed by atoms with E-state index in [0.29, 0.717) is 19.5 Å². The fraction of sp³-hybridized carbons (Fsp3) is 0.370. The van der Waals surface area contributed by atoms with Crippen LogP contribution in [0.2, 0.25) is 0 Å². The van der Waals surface area contributed by atoms with Gasteiger partial charge in [-0.2, -0.15) is 0 Å². The Morgan fingerprint density at radius 1 is 1.03 bits per heavy atom. The molecule has 0 aliphatic heterocycles. The highest BCUT2D eigenvalue weighted by Crippen LogP contribution is 2.17. The second-order valence-electron chi connectivity index (χ2n) is 8.46. The van der Waals surface area contributed by atoms with Crippen LogP contribution >= 0.6 is 0 Å². The SMILES string of the molecule is CC[C@@H](C)N(CC(=O)N(CCc1ccccc1)Cc1ccc(C)o1)Cc1cc(F)ccc1F. The predicted octanol–water partition coefficient (Wildman–Crippen LogP) is 5.74. The highest BCUT2D eigenvalue weighted by molar-refractivity contribution is 5.78. The first-order chi connectivity index (χ1) is 15.9. The second kappa shape index (κ2) is 11.8. The van der Waals surface area contributed by atoms with Gasteiger partial charge in [-0.3, -0.25) is 9.69 Å². The molecular weight excluding hydrogens is 422 g/mol. The van der Waals surface area contributed by atoms with Crippen molar-refractivity contribution >= 4 is 5.91 Å². The van der Waals surface area contributed by atoms with Gasteiger partial charge in [-0.05, 0) is 62.6 Å². The van der Waals surface area contributed by atoms with Crippen molar-refractivity contribution < 1.29 is 18.0 Å². The van der Waals surface area contributed by atoms with Crippen molar-refractivity contribution in [3.8, 4) is 0 Å². The minimum absolute atomic E-state index is 0.0263. The normalized spacial score (nSPS) is 12.2. The molecule has 0 aliphatic carbocycles. The van der Waals surface area contributed by atoms with E-state index < -0.39 is 11.6 Å². The van der Waals surface area contributed by atoms with E-state index in [2.05, 4.69) is 0 Å². The molecule has 1 amide bonds. The molecular formula is C27H32F2N2O2. The lowest BCUT2D eigenvalue weighted by molar-refractivity contribution is -0.134. The summed E-state index contributed by atoms with van der Waals surface area (Å²) in [4.78, 5) is 17.1. The quantitative estimate of drug-likeness (QED) is 0.371. The first-order valence-corrected chi connectivity index (χ1v) is 11.4. The number of benzene rings is 2. The minimum atomic E-state index is -0.487. The van der Waals surface area contributed by atoms with Gasteiger partial charge in [0.05, 0.1) is 13.1 Å². The van der Waals surface area contributed by atoms with Crippen LogP contribution in [0.1, 0.15) is 42.9 Å². The van der Waals surface area contributed by atoms with Gasteiger partial charge in [0, 0.05) is 24.7 Å². The van der Waals surface area contributed by atoms with Gasteiger partial charge >= 0.3 is 0 Å². The Hall–Kier alpha value is -2.99. The van der Waals surface area contributed by atoms with Crippen LogP contribution in [-0.2, 0) is 24.3 Å². The molecule has 33 heavy (non-hydrogen) atoms. The van der Waals surface area contributed by atoms with Gasteiger partial charge in [-0.1, -0.05) is 37.3 Å². The van der Waals surface area contributed by atoms with E-state index in [-0.39, 0.29) is 30.6 Å². The molecule has 0 spiro atoms. The van der Waals surface area contributed by atoms with Crippen molar-refractivity contribution in [1.29, 1.82) is 0 Å². The largest absolute Gasteiger partial charge is 0.464 e. The van der Waals surface area contributed by atoms with Crippen molar-refractivity contribution in [1.82, 2.24) is 9.80 Å². The summed E-state index contributed by atoms with van der Waals surface area (Å²) in [6.07, 6.45) is 1.50. The first kappa shape index (κ1) is 24.6. The zero-order chi connectivity index (χ0) is 23.8. The molecule has 0 bridgehead atoms. The summed E-state index contributed by atoms with van der Waals surface area (Å²) in [5.41, 5.74) is 1.40. The third-order valence-corrected chi connectivity index (χ3v) is 5.94. The maximum Gasteiger partial charge on any atom is 0.237 e. The summed E-state index contributed by atoms with van der Waals surface area (Å²) >= 11 is 0. The fourth-order valence-electron chi connectivity index (χ4n) is 3.74. The maximum atomic E-state index is 14.3. The molecule has 0 radical (unpaired) electrons. The summed E-state index contributed by atoms with van der Waals surface area (Å²) in [6.45, 7) is 7.05. The van der Waals surface area contributed by atoms with Crippen LogP contribution in [0, 0.1) is 18.6 Å². The number of halogens is 2. The number of carbonyl (C=O) groups is 1. The third-order valence-electron chi connectivity index (χ3n) is 5.94. The van der Waals surface area contributed by atoms with E-state index in [9.17, 15) is 13.6 Å². The molecule has 0 fully saturated rings. The van der Waals surface area contributed by atoms with E-state index >= 15 is 0 Å². The molecule has 0 saturated carbocycles. The number of amides is 1. The van der Waals surface area contributed by atoms with E-state index in [4.69, 9.17) is 4.42 Å². The zero-order valence-corrected chi connectivity index (χ0v) is 19.6. The lowest BCUT2D eigenvalue weighted by Crippen LogP contribution is -2.43. The van der Waals surface area contributed by atoms with Gasteiger partial charge in [0.2, 0.25) is 5.91 Å². The topological polar surface area (TPSA) is 36.7 Å². The molecule has 3 aromatic rings. The van der Waals surface area contributed by atoms with Gasteiger partial charge < -0.3 is 9.32 Å². The molecule has 0 unspecified atom stereocenters. The molecule has 6 heteroatoms. The summed E-state index contributed by atoms with van der Waals surface area (Å²) in [7, 11) is 0. The molecule has 0 saturated heterocycles. The van der Waals surface area contributed by atoms with E-state index in [1.165, 1.54) is 6.07 Å². The van der Waals surface area contributed by atoms with Crippen molar-refractivity contribution in [2.75, 3.05) is 13.1 Å². The average Bonchev–Trinajstić information content (AvgIpc) is 3.23. The standard InChI is InChI=1S/C27H32F2N2O2/c1-4-20(2)31(17-23-16-24(28)11-13-26(23)29)19-27(32)30(18-25-12-10-21(3)33-25)15-14-22-8-6-5-7-9-22/h5-13,16,20H,4,14-15,17-19H2,1-3H3/t20-/m1/s1. The summed E-state index contributed by atoms with van der Waals surface area (Å²) in [5, 5.41) is 0. The van der Waals surface area contributed by atoms with Crippen LogP contribution < -0.4 is 0 Å². The van der Waals surface area contributed by atoms with Gasteiger partial charge in [-0.25, -0.2) is 8.78 Å². The van der Waals surface area contributed by atoms with Crippen LogP contribution in [0.3, 0.4) is 0 Å². The van der Waals surface area contributed by atoms with Gasteiger partial charge in [-0.15, -0.1) is 0 Å². The Kier molecular flexibility index (Phi) is 8.78. The van der Waals surface area contributed by atoms with Gasteiger partial charge in [0.15, 0.2) is 0 Å². The second-order valence-corrected chi connectivity index (χ2v) is 8.46. The van der Waals surface area contributed by atoms with Crippen molar-refractivity contribution in [2.45, 2.75) is 52.7 Å². The van der Waals surface area contributed by atoms with Gasteiger partial charge in [0.1, 0.15) is 23.2 Å². The lowest BCUT2D eigenvalue weighted by atomic mass is 10.1. The number of rotatable bonds is 11. The smallest absolute Gasteiger partial charge is 0.237 e. The van der Waals surface area contributed by atoms with E-state index in [0.717, 1.165) is 35.6 Å². The number of hydrogen-bond donors (Lipinski definition) is 0. The van der Waals surface area contributed by atoms with Crippen molar-refractivity contribution in [3.05, 3.63) is 94.9 Å². The number of furan rings is 1. The maximum absolute atomic E-state index is 14.3. The molecule has 3 rings (SSSR count). The Morgan fingerprint density at radius 2 is 1.79 bits per heavy atom. The zero-order valence-electron chi connectivity index (χ0n) is 19.6. The summed E-state index contributed by atoms with van der Waals surface area (Å²) in [5.74, 6) is 0.490. The van der Waals surface area contributed by atoms with Crippen LogP contribution in [-0.4, -0.2) is 34.8 Å². The summed E-state index contributed by atoms with van der Waals surface area (Å²) < 4.78 is 33.7. The fourth-order valence-corrected chi connectivity index (χ4v) is 3.74. The van der Waals surface area contributed by atoms with E-state index in [1.807, 2.05) is 68.1 Å². The molecule has 4 nitrogen and oxygen atoms in total. The molecule has 176 valence electrons. The Morgan fingerprint density at radius 3 is 2.45 bits per heavy atom. The molecule has 0 N–H and O–H groups in total. The minimum Gasteiger partial charge on any atom is -0.464 e. The van der Waals surface area contributed by atoms with Crippen LogP contribution in [0.5, 0.6) is 0 Å². The molecule has 1 atom stereocenters. The monoisotopic (exact) mass is 454 g/mol. The highest BCUT2D eigenvalue weighted by atomic mass is 19.1. The predicted molar refractivity (Wildman–Crippen MR) is 126 cm³/mol. The molecule has 2 aromatic carbocycles. The van der Waals surface area contributed by atoms with Crippen molar-refractivity contribution in [3.63, 3.8) is 0 Å². The molecule has 1 heterocycles. The first-order valence-electron chi connectivity index (χ1n) is 11.4. The Labute approximate surface area is 194 Å². The number of hydrogen-bond acceptors (Lipinski definition) is 3. The van der Waals surface area contributed by atoms with Gasteiger partial charge in [0.25, 0.3) is 0 Å². The Bertz CT molecular complexity index is 1040. The van der Waals surface area contributed by atoms with Crippen molar-refractivity contribution in [2.24, 2.45) is 0 Å². The van der Waals surface area contributed by atoms with Crippen LogP contribution in [0.25, 0.3) is 0 Å². The highest BCUT2D eigenvalue weighted by Gasteiger charge is 2.23. The number of carbonyl (C=O) groups excluding carboxylic acids is 1. The number of aryl methyl sites for hydroxylation is 1. The van der Waals surface area contributed by atoms with Crippen LogP contribution in [0.4, 0.5) is 8.78 Å². The average molecular weight is 455 g/mol. The summed E-state index contributed by atoms with van der Waals surface area (Å²) in [6, 6.07) is 17.2.